The molecule has 1 aliphatic rings. The second-order valence-electron chi connectivity index (χ2n) is 6.74. The van der Waals surface area contributed by atoms with Crippen LogP contribution in [0.1, 0.15) is 27.3 Å². The highest BCUT2D eigenvalue weighted by Gasteiger charge is 2.12. The van der Waals surface area contributed by atoms with E-state index in [0.717, 1.165) is 40.2 Å². The van der Waals surface area contributed by atoms with Gasteiger partial charge in [0.25, 0.3) is 5.70 Å². The first-order valence-corrected chi connectivity index (χ1v) is 10.1. The number of anilines is 1. The van der Waals surface area contributed by atoms with Crippen LogP contribution in [-0.2, 0) is 12.8 Å². The van der Waals surface area contributed by atoms with E-state index in [2.05, 4.69) is 16.2 Å². The van der Waals surface area contributed by atoms with Gasteiger partial charge in [-0.05, 0) is 61.2 Å². The summed E-state index contributed by atoms with van der Waals surface area (Å²) >= 11 is 1.48. The summed E-state index contributed by atoms with van der Waals surface area (Å²) in [5, 5.41) is 13.1. The zero-order chi connectivity index (χ0) is 20.2. The fourth-order valence-electron chi connectivity index (χ4n) is 3.33. The molecule has 1 N–H and O–H groups in total. The highest BCUT2D eigenvalue weighted by molar-refractivity contribution is 7.13. The van der Waals surface area contributed by atoms with Crippen molar-refractivity contribution in [2.24, 2.45) is 0 Å². The molecule has 0 spiro atoms. The van der Waals surface area contributed by atoms with Gasteiger partial charge < -0.3 is 9.73 Å². The van der Waals surface area contributed by atoms with Crippen LogP contribution in [0.3, 0.4) is 0 Å². The first kappa shape index (κ1) is 18.7. The van der Waals surface area contributed by atoms with Crippen LogP contribution >= 0.6 is 11.3 Å². The number of nitriles is 1. The Hall–Kier alpha value is -3.61. The number of thiophene rings is 1. The summed E-state index contributed by atoms with van der Waals surface area (Å²) in [5.74, 6) is 0. The van der Waals surface area contributed by atoms with E-state index in [9.17, 15) is 4.79 Å². The van der Waals surface area contributed by atoms with Gasteiger partial charge in [0.05, 0.1) is 12.6 Å². The molecule has 0 bridgehead atoms. The maximum Gasteiger partial charge on any atom is 0.339 e. The number of nitrogens with one attached hydrogen (secondary N) is 1. The fraction of sp³-hybridized carbons (Fsp3) is 0.174. The summed E-state index contributed by atoms with van der Waals surface area (Å²) in [6.45, 7) is 7.88. The smallest absolute Gasteiger partial charge is 0.339 e. The zero-order valence-electron chi connectivity index (χ0n) is 15.6. The van der Waals surface area contributed by atoms with Gasteiger partial charge in [0.15, 0.2) is 0 Å². The second-order valence-corrected chi connectivity index (χ2v) is 7.88. The van der Waals surface area contributed by atoms with Crippen molar-refractivity contribution in [3.05, 3.63) is 84.8 Å². The number of aryl methyl sites for hydroxylation is 1. The summed E-state index contributed by atoms with van der Waals surface area (Å²) in [6, 6.07) is 11.6. The van der Waals surface area contributed by atoms with Crippen LogP contribution in [0, 0.1) is 17.9 Å². The van der Waals surface area contributed by atoms with E-state index in [1.807, 2.05) is 42.5 Å². The molecule has 0 saturated carbocycles. The summed E-state index contributed by atoms with van der Waals surface area (Å²) < 4.78 is 5.54. The normalized spacial score (nSPS) is 13.7. The third-order valence-electron chi connectivity index (χ3n) is 4.75. The highest BCUT2D eigenvalue weighted by Crippen LogP contribution is 2.28. The van der Waals surface area contributed by atoms with Gasteiger partial charge in [0.1, 0.15) is 5.58 Å². The van der Waals surface area contributed by atoms with Crippen molar-refractivity contribution in [3.63, 3.8) is 0 Å². The number of nitrogens with zero attached hydrogens (tertiary/aromatic N) is 2. The predicted molar refractivity (Wildman–Crippen MR) is 117 cm³/mol. The van der Waals surface area contributed by atoms with Crippen LogP contribution in [0.5, 0.6) is 0 Å². The molecule has 0 aliphatic carbocycles. The van der Waals surface area contributed by atoms with Crippen LogP contribution in [0.2, 0.25) is 0 Å². The van der Waals surface area contributed by atoms with E-state index >= 15 is 0 Å². The molecule has 29 heavy (non-hydrogen) atoms. The molecule has 6 heteroatoms. The third kappa shape index (κ3) is 4.13. The standard InChI is InChI=1S/C23H17N3O2S/c1-25-18(14-24)12-20-8-7-19(29-20)6-2-4-16-11-17-10-15-5-3-9-26-21(15)13-22(17)28-23(16)27/h2,6-8,10-13,26H,3-5,9H2/b6-2+,18-12-. The first-order chi connectivity index (χ1) is 14.2. The molecule has 3 heterocycles. The van der Waals surface area contributed by atoms with E-state index in [1.54, 1.807) is 6.08 Å². The van der Waals surface area contributed by atoms with Gasteiger partial charge in [0, 0.05) is 39.0 Å². The minimum absolute atomic E-state index is 0.0635. The number of benzene rings is 1. The second kappa shape index (κ2) is 8.18. The summed E-state index contributed by atoms with van der Waals surface area (Å²) in [5.41, 5.74) is 3.29. The summed E-state index contributed by atoms with van der Waals surface area (Å²) in [7, 11) is 0. The molecule has 1 aromatic carbocycles. The molecule has 0 unspecified atom stereocenters. The average molecular weight is 399 g/mol. The van der Waals surface area contributed by atoms with E-state index in [1.165, 1.54) is 16.9 Å². The molecule has 3 aromatic rings. The Kier molecular flexibility index (Phi) is 5.29. The maximum atomic E-state index is 12.4. The number of allylic oxidation sites excluding steroid dienone is 2. The fourth-order valence-corrected chi connectivity index (χ4v) is 4.21. The number of hydrogen-bond donors (Lipinski definition) is 1. The Balaban J connectivity index is 1.54. The van der Waals surface area contributed by atoms with Crippen molar-refractivity contribution in [1.82, 2.24) is 0 Å². The first-order valence-electron chi connectivity index (χ1n) is 9.25. The zero-order valence-corrected chi connectivity index (χ0v) is 16.4. The molecule has 0 radical (unpaired) electrons. The number of hydrogen-bond acceptors (Lipinski definition) is 5. The molecule has 0 fully saturated rings. The van der Waals surface area contributed by atoms with Gasteiger partial charge >= 0.3 is 5.63 Å². The Labute approximate surface area is 172 Å². The van der Waals surface area contributed by atoms with Gasteiger partial charge in [-0.1, -0.05) is 6.08 Å². The lowest BCUT2D eigenvalue weighted by molar-refractivity contribution is 0.553. The quantitative estimate of drug-likeness (QED) is 0.369. The van der Waals surface area contributed by atoms with Crippen molar-refractivity contribution in [3.8, 4) is 6.07 Å². The minimum Gasteiger partial charge on any atom is -0.422 e. The highest BCUT2D eigenvalue weighted by atomic mass is 32.1. The molecule has 2 aromatic heterocycles. The summed E-state index contributed by atoms with van der Waals surface area (Å²) in [6.07, 6.45) is 8.05. The number of fused-ring (bicyclic) bond motifs is 2. The van der Waals surface area contributed by atoms with Gasteiger partial charge in [0.2, 0.25) is 0 Å². The SMILES string of the molecule is [C-]#[N+]/C(C#N)=C\c1ccc(/C=C/Cc2cc3cc4c(cc3oc2=O)NCCC4)s1. The van der Waals surface area contributed by atoms with Crippen LogP contribution < -0.4 is 10.9 Å². The molecule has 4 rings (SSSR count). The summed E-state index contributed by atoms with van der Waals surface area (Å²) in [4.78, 5) is 17.4. The molecular weight excluding hydrogens is 382 g/mol. The van der Waals surface area contributed by atoms with Crippen molar-refractivity contribution in [1.29, 1.82) is 5.26 Å². The minimum atomic E-state index is -0.316. The lowest BCUT2D eigenvalue weighted by atomic mass is 10.0. The molecule has 142 valence electrons. The topological polar surface area (TPSA) is 70.4 Å². The number of rotatable bonds is 4. The Morgan fingerprint density at radius 2 is 2.21 bits per heavy atom. The average Bonchev–Trinajstić information content (AvgIpc) is 3.18. The predicted octanol–water partition coefficient (Wildman–Crippen LogP) is 5.25. The molecule has 5 nitrogen and oxygen atoms in total. The van der Waals surface area contributed by atoms with Gasteiger partial charge in [-0.2, -0.15) is 0 Å². The maximum absolute atomic E-state index is 12.4. The van der Waals surface area contributed by atoms with Crippen molar-refractivity contribution >= 4 is 40.1 Å². The van der Waals surface area contributed by atoms with Gasteiger partial charge in [-0.25, -0.2) is 14.9 Å². The Morgan fingerprint density at radius 1 is 1.34 bits per heavy atom. The molecule has 0 saturated heterocycles. The lowest BCUT2D eigenvalue weighted by Gasteiger charge is -2.18. The molecule has 0 amide bonds. The van der Waals surface area contributed by atoms with Crippen molar-refractivity contribution < 1.29 is 4.42 Å². The molecular formula is C23H17N3O2S. The van der Waals surface area contributed by atoms with Crippen LogP contribution in [0.25, 0.3) is 28.0 Å². The van der Waals surface area contributed by atoms with Gasteiger partial charge in [-0.3, -0.25) is 0 Å². The molecule has 1 aliphatic heterocycles. The van der Waals surface area contributed by atoms with Gasteiger partial charge in [-0.15, -0.1) is 11.3 Å². The van der Waals surface area contributed by atoms with E-state index in [-0.39, 0.29) is 11.3 Å². The van der Waals surface area contributed by atoms with E-state index in [0.29, 0.717) is 17.6 Å². The monoisotopic (exact) mass is 399 g/mol. The van der Waals surface area contributed by atoms with Crippen molar-refractivity contribution in [2.45, 2.75) is 19.3 Å². The van der Waals surface area contributed by atoms with E-state index in [4.69, 9.17) is 16.3 Å². The Bertz CT molecular complexity index is 1270. The van der Waals surface area contributed by atoms with Crippen LogP contribution in [0.4, 0.5) is 5.69 Å². The van der Waals surface area contributed by atoms with Crippen molar-refractivity contribution in [2.75, 3.05) is 11.9 Å². The third-order valence-corrected chi connectivity index (χ3v) is 5.75. The molecule has 0 atom stereocenters. The van der Waals surface area contributed by atoms with Crippen LogP contribution in [-0.4, -0.2) is 6.54 Å². The Morgan fingerprint density at radius 3 is 3.03 bits per heavy atom. The lowest BCUT2D eigenvalue weighted by Crippen LogP contribution is -2.12. The van der Waals surface area contributed by atoms with E-state index < -0.39 is 0 Å². The van der Waals surface area contributed by atoms with Crippen LogP contribution in [0.15, 0.2) is 51.3 Å². The largest absolute Gasteiger partial charge is 0.422 e.